The first-order valence-corrected chi connectivity index (χ1v) is 5.71. The molecule has 2 unspecified atom stereocenters. The van der Waals surface area contributed by atoms with Gasteiger partial charge in [0.25, 0.3) is 5.91 Å². The minimum absolute atomic E-state index is 0.138. The number of hydrogen-bond acceptors (Lipinski definition) is 3. The second-order valence-electron chi connectivity index (χ2n) is 4.66. The van der Waals surface area contributed by atoms with Crippen molar-refractivity contribution in [2.24, 2.45) is 0 Å². The van der Waals surface area contributed by atoms with E-state index in [1.807, 2.05) is 17.9 Å². The largest absolute Gasteiger partial charge is 0.330 e. The van der Waals surface area contributed by atoms with Crippen molar-refractivity contribution in [2.45, 2.75) is 25.4 Å². The number of nitrogens with zero attached hydrogens (tertiary/aromatic N) is 2. The third kappa shape index (κ3) is 1.41. The molecule has 4 nitrogen and oxygen atoms in total. The lowest BCUT2D eigenvalue weighted by atomic mass is 9.88. The molecule has 16 heavy (non-hydrogen) atoms. The number of amides is 1. The van der Waals surface area contributed by atoms with Gasteiger partial charge in [0.1, 0.15) is 0 Å². The lowest BCUT2D eigenvalue weighted by molar-refractivity contribution is -0.00221. The van der Waals surface area contributed by atoms with Gasteiger partial charge in [0, 0.05) is 37.6 Å². The summed E-state index contributed by atoms with van der Waals surface area (Å²) in [6.45, 7) is 3.82. The fourth-order valence-corrected chi connectivity index (χ4v) is 2.63. The van der Waals surface area contributed by atoms with E-state index in [1.54, 1.807) is 12.4 Å². The Kier molecular flexibility index (Phi) is 2.17. The van der Waals surface area contributed by atoms with Gasteiger partial charge in [-0.3, -0.25) is 9.78 Å². The number of piperidine rings is 1. The monoisotopic (exact) mass is 217 g/mol. The van der Waals surface area contributed by atoms with Crippen molar-refractivity contribution in [3.63, 3.8) is 0 Å². The molecule has 2 fully saturated rings. The van der Waals surface area contributed by atoms with Crippen LogP contribution in [0, 0.1) is 6.92 Å². The standard InChI is InChI=1S/C12H15N3O/c1-8-2-9(5-13-4-8)12(16)15-10-3-11(15)7-14-6-10/h2,4-5,10-11,14H,3,6-7H2,1H3. The number of carbonyl (C=O) groups excluding carboxylic acids is 1. The second kappa shape index (κ2) is 3.56. The number of rotatable bonds is 1. The average Bonchev–Trinajstić information content (AvgIpc) is 2.30. The second-order valence-corrected chi connectivity index (χ2v) is 4.66. The van der Waals surface area contributed by atoms with Gasteiger partial charge in [-0.05, 0) is 25.0 Å². The van der Waals surface area contributed by atoms with Gasteiger partial charge >= 0.3 is 0 Å². The van der Waals surface area contributed by atoms with Gasteiger partial charge in [0.05, 0.1) is 5.56 Å². The van der Waals surface area contributed by atoms with Gasteiger partial charge in [-0.2, -0.15) is 0 Å². The first-order chi connectivity index (χ1) is 7.75. The van der Waals surface area contributed by atoms with E-state index in [1.165, 1.54) is 0 Å². The summed E-state index contributed by atoms with van der Waals surface area (Å²) < 4.78 is 0. The zero-order chi connectivity index (χ0) is 11.1. The van der Waals surface area contributed by atoms with Crippen LogP contribution in [0.4, 0.5) is 0 Å². The molecule has 1 aromatic rings. The summed E-state index contributed by atoms with van der Waals surface area (Å²) in [6.07, 6.45) is 4.59. The molecule has 0 aromatic carbocycles. The predicted octanol–water partition coefficient (Wildman–Crippen LogP) is 0.576. The first-order valence-electron chi connectivity index (χ1n) is 5.71. The molecule has 2 aliphatic rings. The maximum Gasteiger partial charge on any atom is 0.256 e. The Morgan fingerprint density at radius 3 is 2.81 bits per heavy atom. The van der Waals surface area contributed by atoms with Crippen LogP contribution in [0.2, 0.25) is 0 Å². The van der Waals surface area contributed by atoms with Crippen molar-refractivity contribution >= 4 is 5.91 Å². The van der Waals surface area contributed by atoms with E-state index in [-0.39, 0.29) is 5.91 Å². The van der Waals surface area contributed by atoms with Crippen LogP contribution in [0.3, 0.4) is 0 Å². The summed E-state index contributed by atoms with van der Waals surface area (Å²) in [6, 6.07) is 2.70. The highest BCUT2D eigenvalue weighted by Crippen LogP contribution is 2.29. The average molecular weight is 217 g/mol. The molecule has 84 valence electrons. The summed E-state index contributed by atoms with van der Waals surface area (Å²) in [5.74, 6) is 0.138. The van der Waals surface area contributed by atoms with E-state index >= 15 is 0 Å². The highest BCUT2D eigenvalue weighted by molar-refractivity contribution is 5.95. The molecule has 2 atom stereocenters. The molecule has 0 saturated carbocycles. The molecule has 1 amide bonds. The maximum absolute atomic E-state index is 12.3. The zero-order valence-electron chi connectivity index (χ0n) is 9.31. The van der Waals surface area contributed by atoms with Gasteiger partial charge in [-0.1, -0.05) is 0 Å². The van der Waals surface area contributed by atoms with Crippen LogP contribution in [0.25, 0.3) is 0 Å². The number of aromatic nitrogens is 1. The molecule has 4 heteroatoms. The quantitative estimate of drug-likeness (QED) is 0.748. The van der Waals surface area contributed by atoms with E-state index in [4.69, 9.17) is 0 Å². The van der Waals surface area contributed by atoms with Crippen LogP contribution >= 0.6 is 0 Å². The summed E-state index contributed by atoms with van der Waals surface area (Å²) in [7, 11) is 0. The Bertz CT molecular complexity index is 418. The Hall–Kier alpha value is -1.42. The molecule has 3 heterocycles. The highest BCUT2D eigenvalue weighted by atomic mass is 16.2. The van der Waals surface area contributed by atoms with Crippen LogP contribution in [-0.2, 0) is 0 Å². The minimum atomic E-state index is 0.138. The van der Waals surface area contributed by atoms with E-state index in [9.17, 15) is 4.79 Å². The first kappa shape index (κ1) is 9.78. The lowest BCUT2D eigenvalue weighted by Gasteiger charge is -2.53. The van der Waals surface area contributed by atoms with E-state index in [0.717, 1.165) is 30.6 Å². The van der Waals surface area contributed by atoms with Gasteiger partial charge < -0.3 is 10.2 Å². The summed E-state index contributed by atoms with van der Waals surface area (Å²) in [5, 5.41) is 3.32. The molecule has 1 N–H and O–H groups in total. The van der Waals surface area contributed by atoms with Gasteiger partial charge in [-0.15, -0.1) is 0 Å². The number of carbonyl (C=O) groups is 1. The van der Waals surface area contributed by atoms with E-state index in [2.05, 4.69) is 10.3 Å². The maximum atomic E-state index is 12.3. The molecule has 2 saturated heterocycles. The molecule has 0 aliphatic carbocycles. The number of aryl methyl sites for hydroxylation is 1. The summed E-state index contributed by atoms with van der Waals surface area (Å²) >= 11 is 0. The molecule has 0 spiro atoms. The van der Waals surface area contributed by atoms with Crippen LogP contribution in [0.15, 0.2) is 18.5 Å². The topological polar surface area (TPSA) is 45.2 Å². The van der Waals surface area contributed by atoms with Crippen LogP contribution in [-0.4, -0.2) is 41.0 Å². The van der Waals surface area contributed by atoms with Gasteiger partial charge in [0.2, 0.25) is 0 Å². The Morgan fingerprint density at radius 2 is 2.19 bits per heavy atom. The van der Waals surface area contributed by atoms with Crippen molar-refractivity contribution in [2.75, 3.05) is 13.1 Å². The Balaban J connectivity index is 1.83. The Morgan fingerprint density at radius 1 is 1.44 bits per heavy atom. The summed E-state index contributed by atoms with van der Waals surface area (Å²) in [4.78, 5) is 18.3. The van der Waals surface area contributed by atoms with Crippen molar-refractivity contribution in [1.29, 1.82) is 0 Å². The molecule has 2 aliphatic heterocycles. The number of nitrogens with one attached hydrogen (secondary N) is 1. The minimum Gasteiger partial charge on any atom is -0.330 e. The van der Waals surface area contributed by atoms with E-state index < -0.39 is 0 Å². The van der Waals surface area contributed by atoms with Crippen LogP contribution in [0.1, 0.15) is 22.3 Å². The van der Waals surface area contributed by atoms with Crippen LogP contribution in [0.5, 0.6) is 0 Å². The highest BCUT2D eigenvalue weighted by Gasteiger charge is 2.44. The third-order valence-corrected chi connectivity index (χ3v) is 3.45. The molecular weight excluding hydrogens is 202 g/mol. The summed E-state index contributed by atoms with van der Waals surface area (Å²) in [5.41, 5.74) is 1.76. The smallest absolute Gasteiger partial charge is 0.256 e. The SMILES string of the molecule is Cc1cncc(C(=O)N2C3CNCC2C3)c1. The van der Waals surface area contributed by atoms with Crippen molar-refractivity contribution in [3.8, 4) is 0 Å². The van der Waals surface area contributed by atoms with Gasteiger partial charge in [0.15, 0.2) is 0 Å². The third-order valence-electron chi connectivity index (χ3n) is 3.45. The molecular formula is C12H15N3O. The molecule has 1 aromatic heterocycles. The number of piperazine rings is 1. The molecule has 3 rings (SSSR count). The lowest BCUT2D eigenvalue weighted by Crippen LogP contribution is -2.69. The van der Waals surface area contributed by atoms with Crippen molar-refractivity contribution in [3.05, 3.63) is 29.6 Å². The molecule has 2 bridgehead atoms. The van der Waals surface area contributed by atoms with Gasteiger partial charge in [-0.25, -0.2) is 0 Å². The normalized spacial score (nSPS) is 27.4. The fourth-order valence-electron chi connectivity index (χ4n) is 2.63. The number of hydrogen-bond donors (Lipinski definition) is 1. The van der Waals surface area contributed by atoms with E-state index in [0.29, 0.717) is 12.1 Å². The Labute approximate surface area is 94.7 Å². The molecule has 0 radical (unpaired) electrons. The van der Waals surface area contributed by atoms with Crippen molar-refractivity contribution < 1.29 is 4.79 Å². The van der Waals surface area contributed by atoms with Crippen molar-refractivity contribution in [1.82, 2.24) is 15.2 Å². The fraction of sp³-hybridized carbons (Fsp3) is 0.500. The number of pyridine rings is 1. The zero-order valence-corrected chi connectivity index (χ0v) is 9.31. The number of fused-ring (bicyclic) bond motifs is 2. The predicted molar refractivity (Wildman–Crippen MR) is 60.2 cm³/mol. The van der Waals surface area contributed by atoms with Crippen LogP contribution < -0.4 is 5.32 Å².